The van der Waals surface area contributed by atoms with Gasteiger partial charge in [-0.15, -0.1) is 0 Å². The van der Waals surface area contributed by atoms with Gasteiger partial charge in [-0.3, -0.25) is 9.59 Å². The van der Waals surface area contributed by atoms with Crippen molar-refractivity contribution in [3.63, 3.8) is 0 Å². The quantitative estimate of drug-likeness (QED) is 0.604. The number of nitrogens with zero attached hydrogens (tertiary/aromatic N) is 3. The van der Waals surface area contributed by atoms with Crippen LogP contribution in [0.4, 0.5) is 4.39 Å². The molecule has 2 aliphatic heterocycles. The van der Waals surface area contributed by atoms with Crippen LogP contribution in [0.2, 0.25) is 0 Å². The van der Waals surface area contributed by atoms with E-state index in [2.05, 4.69) is 10.00 Å². The SMILES string of the molecule is CC(C)n1nc(CC(=O)N2C3CCC2CC(c2ccc(F)cc2)C3)c2ccccc2c1=O. The first-order valence-electron chi connectivity index (χ1n) is 11.5. The molecule has 32 heavy (non-hydrogen) atoms. The number of benzene rings is 2. The average molecular weight is 434 g/mol. The largest absolute Gasteiger partial charge is 0.336 e. The molecule has 2 aliphatic rings. The van der Waals surface area contributed by atoms with Crippen molar-refractivity contribution in [3.8, 4) is 0 Å². The maximum atomic E-state index is 13.5. The molecule has 5 rings (SSSR count). The lowest BCUT2D eigenvalue weighted by molar-refractivity contribution is -0.135. The topological polar surface area (TPSA) is 55.2 Å². The van der Waals surface area contributed by atoms with Crippen molar-refractivity contribution in [2.75, 3.05) is 0 Å². The Morgan fingerprint density at radius 1 is 1.03 bits per heavy atom. The Kier molecular flexibility index (Phi) is 5.31. The third-order valence-electron chi connectivity index (χ3n) is 7.08. The van der Waals surface area contributed by atoms with Crippen molar-refractivity contribution in [1.82, 2.24) is 14.7 Å². The first kappa shape index (κ1) is 20.9. The van der Waals surface area contributed by atoms with Gasteiger partial charge in [0.15, 0.2) is 0 Å². The summed E-state index contributed by atoms with van der Waals surface area (Å²) in [6.07, 6.45) is 4.03. The molecule has 166 valence electrons. The van der Waals surface area contributed by atoms with Gasteiger partial charge in [0.1, 0.15) is 5.82 Å². The molecule has 0 N–H and O–H groups in total. The maximum Gasteiger partial charge on any atom is 0.274 e. The molecule has 2 unspecified atom stereocenters. The zero-order valence-electron chi connectivity index (χ0n) is 18.5. The highest BCUT2D eigenvalue weighted by Gasteiger charge is 2.43. The van der Waals surface area contributed by atoms with Gasteiger partial charge in [0.2, 0.25) is 5.91 Å². The number of hydrogen-bond donors (Lipinski definition) is 0. The summed E-state index contributed by atoms with van der Waals surface area (Å²) >= 11 is 0. The van der Waals surface area contributed by atoms with Crippen molar-refractivity contribution in [1.29, 1.82) is 0 Å². The van der Waals surface area contributed by atoms with Gasteiger partial charge in [-0.2, -0.15) is 5.10 Å². The highest BCUT2D eigenvalue weighted by molar-refractivity contribution is 5.88. The number of hydrogen-bond acceptors (Lipinski definition) is 3. The number of fused-ring (bicyclic) bond motifs is 3. The van der Waals surface area contributed by atoms with Gasteiger partial charge >= 0.3 is 0 Å². The van der Waals surface area contributed by atoms with Crippen LogP contribution in [-0.2, 0) is 11.2 Å². The van der Waals surface area contributed by atoms with Crippen molar-refractivity contribution >= 4 is 16.7 Å². The van der Waals surface area contributed by atoms with Gasteiger partial charge in [-0.1, -0.05) is 30.3 Å². The molecule has 2 aromatic carbocycles. The Morgan fingerprint density at radius 2 is 1.66 bits per heavy atom. The van der Waals surface area contributed by atoms with E-state index in [1.165, 1.54) is 16.8 Å². The molecule has 0 saturated carbocycles. The molecule has 0 aliphatic carbocycles. The fourth-order valence-corrected chi connectivity index (χ4v) is 5.58. The Balaban J connectivity index is 1.41. The fourth-order valence-electron chi connectivity index (χ4n) is 5.58. The second-order valence-electron chi connectivity index (χ2n) is 9.42. The van der Waals surface area contributed by atoms with E-state index in [9.17, 15) is 14.0 Å². The first-order valence-corrected chi connectivity index (χ1v) is 11.5. The molecular formula is C26H28FN3O2. The number of rotatable bonds is 4. The lowest BCUT2D eigenvalue weighted by Crippen LogP contribution is -2.47. The number of piperidine rings is 1. The van der Waals surface area contributed by atoms with Crippen LogP contribution >= 0.6 is 0 Å². The molecule has 5 nitrogen and oxygen atoms in total. The number of amides is 1. The van der Waals surface area contributed by atoms with Gasteiger partial charge in [0, 0.05) is 17.5 Å². The molecule has 3 aromatic rings. The first-order chi connectivity index (χ1) is 15.4. The Bertz CT molecular complexity index is 1200. The molecule has 3 heterocycles. The maximum absolute atomic E-state index is 13.5. The van der Waals surface area contributed by atoms with E-state index in [4.69, 9.17) is 0 Å². The van der Waals surface area contributed by atoms with Gasteiger partial charge in [-0.05, 0) is 69.2 Å². The second kappa shape index (κ2) is 8.15. The summed E-state index contributed by atoms with van der Waals surface area (Å²) in [5, 5.41) is 5.97. The monoisotopic (exact) mass is 433 g/mol. The van der Waals surface area contributed by atoms with Crippen LogP contribution in [0.25, 0.3) is 10.8 Å². The van der Waals surface area contributed by atoms with Crippen molar-refractivity contribution < 1.29 is 9.18 Å². The molecule has 2 atom stereocenters. The molecular weight excluding hydrogens is 405 g/mol. The molecule has 1 amide bonds. The van der Waals surface area contributed by atoms with Crippen LogP contribution in [0.1, 0.15) is 62.7 Å². The predicted octanol–water partition coefficient (Wildman–Crippen LogP) is 4.60. The molecule has 1 aromatic heterocycles. The second-order valence-corrected chi connectivity index (χ2v) is 9.42. The molecule has 0 radical (unpaired) electrons. The van der Waals surface area contributed by atoms with E-state index in [-0.39, 0.29) is 41.8 Å². The van der Waals surface area contributed by atoms with E-state index < -0.39 is 0 Å². The van der Waals surface area contributed by atoms with Crippen LogP contribution in [0.3, 0.4) is 0 Å². The Labute approximate surface area is 186 Å². The Morgan fingerprint density at radius 3 is 2.28 bits per heavy atom. The van der Waals surface area contributed by atoms with E-state index in [1.54, 1.807) is 0 Å². The van der Waals surface area contributed by atoms with Crippen LogP contribution in [0.15, 0.2) is 53.3 Å². The van der Waals surface area contributed by atoms with E-state index in [0.29, 0.717) is 17.0 Å². The minimum atomic E-state index is -0.216. The smallest absolute Gasteiger partial charge is 0.274 e. The van der Waals surface area contributed by atoms with E-state index in [0.717, 1.165) is 36.6 Å². The highest BCUT2D eigenvalue weighted by Crippen LogP contribution is 2.43. The standard InChI is InChI=1S/C26H28FN3O2/c1-16(2)30-26(32)23-6-4-3-5-22(23)24(28-30)15-25(31)29-20-11-12-21(29)14-18(13-20)17-7-9-19(27)10-8-17/h3-10,16,18,20-21H,11-15H2,1-2H3. The van der Waals surface area contributed by atoms with Crippen LogP contribution in [0.5, 0.6) is 0 Å². The third-order valence-corrected chi connectivity index (χ3v) is 7.08. The van der Waals surface area contributed by atoms with Gasteiger partial charge < -0.3 is 4.90 Å². The van der Waals surface area contributed by atoms with Crippen LogP contribution in [0, 0.1) is 5.82 Å². The zero-order valence-corrected chi connectivity index (χ0v) is 18.5. The van der Waals surface area contributed by atoms with Crippen LogP contribution < -0.4 is 5.56 Å². The summed E-state index contributed by atoms with van der Waals surface area (Å²) in [5.74, 6) is 0.229. The number of halogens is 1. The molecule has 2 fully saturated rings. The molecule has 6 heteroatoms. The zero-order chi connectivity index (χ0) is 22.4. The minimum Gasteiger partial charge on any atom is -0.336 e. The van der Waals surface area contributed by atoms with Gasteiger partial charge in [-0.25, -0.2) is 9.07 Å². The normalized spacial score (nSPS) is 22.6. The molecule has 0 spiro atoms. The summed E-state index contributed by atoms with van der Waals surface area (Å²) in [5.41, 5.74) is 1.71. The lowest BCUT2D eigenvalue weighted by atomic mass is 9.85. The van der Waals surface area contributed by atoms with Crippen LogP contribution in [-0.4, -0.2) is 32.7 Å². The van der Waals surface area contributed by atoms with Crippen molar-refractivity contribution in [2.45, 2.75) is 70.0 Å². The average Bonchev–Trinajstić information content (AvgIpc) is 3.05. The molecule has 2 saturated heterocycles. The highest BCUT2D eigenvalue weighted by atomic mass is 19.1. The number of carbonyl (C=O) groups is 1. The lowest BCUT2D eigenvalue weighted by Gasteiger charge is -2.39. The summed E-state index contributed by atoms with van der Waals surface area (Å²) in [4.78, 5) is 28.3. The number of aromatic nitrogens is 2. The Hall–Kier alpha value is -3.02. The molecule has 2 bridgehead atoms. The fraction of sp³-hybridized carbons (Fsp3) is 0.423. The summed E-state index contributed by atoms with van der Waals surface area (Å²) in [6, 6.07) is 14.6. The minimum absolute atomic E-state index is 0.0800. The van der Waals surface area contributed by atoms with Gasteiger partial charge in [0.05, 0.1) is 23.5 Å². The third kappa shape index (κ3) is 3.61. The summed E-state index contributed by atoms with van der Waals surface area (Å²) in [7, 11) is 0. The van der Waals surface area contributed by atoms with Crippen molar-refractivity contribution in [3.05, 3.63) is 76.0 Å². The number of carbonyl (C=O) groups excluding carboxylic acids is 1. The van der Waals surface area contributed by atoms with E-state index >= 15 is 0 Å². The van der Waals surface area contributed by atoms with E-state index in [1.807, 2.05) is 50.2 Å². The summed E-state index contributed by atoms with van der Waals surface area (Å²) in [6.45, 7) is 3.85. The van der Waals surface area contributed by atoms with Crippen molar-refractivity contribution in [2.24, 2.45) is 0 Å². The van der Waals surface area contributed by atoms with Gasteiger partial charge in [0.25, 0.3) is 5.56 Å². The predicted molar refractivity (Wildman–Crippen MR) is 122 cm³/mol. The summed E-state index contributed by atoms with van der Waals surface area (Å²) < 4.78 is 14.8.